The van der Waals surface area contributed by atoms with Gasteiger partial charge in [-0.2, -0.15) is 22.3 Å². The minimum Gasteiger partial charge on any atom is -0.263 e. The van der Waals surface area contributed by atoms with Crippen LogP contribution in [0.5, 0.6) is 0 Å². The van der Waals surface area contributed by atoms with Crippen molar-refractivity contribution in [2.75, 3.05) is 0 Å². The molecule has 0 saturated carbocycles. The van der Waals surface area contributed by atoms with E-state index in [2.05, 4.69) is 81.4 Å². The second kappa shape index (κ2) is 7.09. The van der Waals surface area contributed by atoms with Crippen molar-refractivity contribution in [2.24, 2.45) is 10.8 Å². The van der Waals surface area contributed by atoms with E-state index in [1.165, 1.54) is 33.4 Å². The van der Waals surface area contributed by atoms with Crippen LogP contribution in [0.3, 0.4) is 0 Å². The van der Waals surface area contributed by atoms with Crippen LogP contribution >= 0.6 is 0 Å². The summed E-state index contributed by atoms with van der Waals surface area (Å²) in [5, 5.41) is 0. The van der Waals surface area contributed by atoms with Gasteiger partial charge in [-0.05, 0) is 0 Å². The number of rotatable bonds is 0. The zero-order valence-electron chi connectivity index (χ0n) is 15.6. The summed E-state index contributed by atoms with van der Waals surface area (Å²) in [7, 11) is 0. The molecule has 0 spiro atoms. The molecule has 0 aromatic heterocycles. The van der Waals surface area contributed by atoms with Gasteiger partial charge in [0, 0.05) is 32.7 Å². The molecular formula is C20H30Y-2. The Labute approximate surface area is 157 Å². The predicted octanol–water partition coefficient (Wildman–Crippen LogP) is 6.22. The molecule has 0 nitrogen and oxygen atoms in total. The van der Waals surface area contributed by atoms with Crippen LogP contribution < -0.4 is 0 Å². The van der Waals surface area contributed by atoms with Gasteiger partial charge in [-0.1, -0.05) is 66.2 Å². The van der Waals surface area contributed by atoms with Crippen molar-refractivity contribution < 1.29 is 32.7 Å². The standard InChI is InChI=1S/2C10H15.Y/c2*1-7-6-10(4,5)9(3)8(7)2;/h2*1-5H3;/q2*-1;. The molecule has 0 atom stereocenters. The fourth-order valence-electron chi connectivity index (χ4n) is 2.81. The molecule has 0 heterocycles. The van der Waals surface area contributed by atoms with E-state index in [1.807, 2.05) is 0 Å². The molecule has 1 heteroatoms. The Hall–Kier alpha value is 0.0639. The molecule has 0 aromatic rings. The summed E-state index contributed by atoms with van der Waals surface area (Å²) < 4.78 is 0. The molecule has 0 saturated heterocycles. The quantitative estimate of drug-likeness (QED) is 0.450. The molecule has 0 unspecified atom stereocenters. The van der Waals surface area contributed by atoms with E-state index in [0.717, 1.165) is 0 Å². The fourth-order valence-corrected chi connectivity index (χ4v) is 2.81. The maximum atomic E-state index is 3.44. The normalized spacial score (nSPS) is 22.4. The van der Waals surface area contributed by atoms with Gasteiger partial charge in [-0.15, -0.1) is 13.8 Å². The van der Waals surface area contributed by atoms with Crippen LogP contribution in [0.2, 0.25) is 0 Å². The molecule has 0 bridgehead atoms. The maximum absolute atomic E-state index is 3.44. The third-order valence-corrected chi connectivity index (χ3v) is 5.12. The zero-order valence-corrected chi connectivity index (χ0v) is 18.4. The van der Waals surface area contributed by atoms with Gasteiger partial charge in [-0.25, -0.2) is 11.1 Å². The van der Waals surface area contributed by atoms with Crippen LogP contribution in [0, 0.1) is 23.0 Å². The average Bonchev–Trinajstić information content (AvgIpc) is 2.60. The first kappa shape index (κ1) is 21.1. The number of hydrogen-bond donors (Lipinski definition) is 0. The maximum Gasteiger partial charge on any atom is 0 e. The van der Waals surface area contributed by atoms with Gasteiger partial charge >= 0.3 is 0 Å². The third kappa shape index (κ3) is 4.52. The Morgan fingerprint density at radius 3 is 0.857 bits per heavy atom. The van der Waals surface area contributed by atoms with Crippen LogP contribution in [-0.2, 0) is 32.7 Å². The molecule has 0 N–H and O–H groups in total. The van der Waals surface area contributed by atoms with Crippen LogP contribution in [-0.4, -0.2) is 0 Å². The average molecular weight is 359 g/mol. The largest absolute Gasteiger partial charge is 0.263 e. The van der Waals surface area contributed by atoms with E-state index in [1.54, 1.807) is 0 Å². The van der Waals surface area contributed by atoms with Gasteiger partial charge in [-0.3, -0.25) is 12.2 Å². The third-order valence-electron chi connectivity index (χ3n) is 5.12. The predicted molar refractivity (Wildman–Crippen MR) is 89.2 cm³/mol. The summed E-state index contributed by atoms with van der Waals surface area (Å²) in [6.45, 7) is 21.8. The Kier molecular flexibility index (Phi) is 7.11. The van der Waals surface area contributed by atoms with Gasteiger partial charge in [0.05, 0.1) is 0 Å². The minimum absolute atomic E-state index is 0. The van der Waals surface area contributed by atoms with E-state index < -0.39 is 0 Å². The Balaban J connectivity index is 0.000000364. The summed E-state index contributed by atoms with van der Waals surface area (Å²) in [6.07, 6.45) is 6.87. The fraction of sp³-hybridized carbons (Fsp3) is 0.600. The first-order chi connectivity index (χ1) is 8.90. The first-order valence-corrected chi connectivity index (χ1v) is 7.50. The van der Waals surface area contributed by atoms with Gasteiger partial charge in [0.1, 0.15) is 0 Å². The summed E-state index contributed by atoms with van der Waals surface area (Å²) in [5.41, 5.74) is 8.79. The first-order valence-electron chi connectivity index (χ1n) is 7.50. The van der Waals surface area contributed by atoms with Crippen molar-refractivity contribution in [1.29, 1.82) is 0 Å². The second-order valence-electron chi connectivity index (χ2n) is 7.25. The molecular weight excluding hydrogens is 329 g/mol. The summed E-state index contributed by atoms with van der Waals surface area (Å²) in [5.74, 6) is 0. The summed E-state index contributed by atoms with van der Waals surface area (Å²) in [6, 6.07) is 0. The molecule has 2 rings (SSSR count). The molecule has 1 radical (unpaired) electrons. The number of allylic oxidation sites excluding steroid dienone is 8. The monoisotopic (exact) mass is 359 g/mol. The molecule has 21 heavy (non-hydrogen) atoms. The van der Waals surface area contributed by atoms with Crippen LogP contribution in [0.4, 0.5) is 0 Å². The molecule has 0 amide bonds. The van der Waals surface area contributed by atoms with E-state index in [4.69, 9.17) is 0 Å². The SMILES string of the molecule is CC1=[C-]C(C)(C)C(C)=C1C.CC1=[C-]C(C)(C)C(C)=C1C.[Y]. The van der Waals surface area contributed by atoms with E-state index in [0.29, 0.717) is 0 Å². The van der Waals surface area contributed by atoms with Crippen molar-refractivity contribution in [2.45, 2.75) is 69.2 Å². The molecule has 0 aliphatic heterocycles. The number of hydrogen-bond acceptors (Lipinski definition) is 0. The van der Waals surface area contributed by atoms with Crippen molar-refractivity contribution in [3.05, 3.63) is 45.6 Å². The van der Waals surface area contributed by atoms with Crippen LogP contribution in [0.1, 0.15) is 69.2 Å². The van der Waals surface area contributed by atoms with Gasteiger partial charge < -0.3 is 0 Å². The van der Waals surface area contributed by atoms with Gasteiger partial charge in [0.15, 0.2) is 0 Å². The molecule has 115 valence electrons. The summed E-state index contributed by atoms with van der Waals surface area (Å²) >= 11 is 0. The van der Waals surface area contributed by atoms with E-state index in [-0.39, 0.29) is 43.5 Å². The Morgan fingerprint density at radius 1 is 0.571 bits per heavy atom. The van der Waals surface area contributed by atoms with Crippen molar-refractivity contribution in [3.8, 4) is 0 Å². The molecule has 0 aromatic carbocycles. The molecule has 2 aliphatic rings. The van der Waals surface area contributed by atoms with E-state index in [9.17, 15) is 0 Å². The van der Waals surface area contributed by atoms with Crippen molar-refractivity contribution in [1.82, 2.24) is 0 Å². The van der Waals surface area contributed by atoms with Crippen LogP contribution in [0.15, 0.2) is 33.4 Å². The summed E-state index contributed by atoms with van der Waals surface area (Å²) in [4.78, 5) is 0. The minimum atomic E-state index is 0. The zero-order chi connectivity index (χ0) is 15.9. The van der Waals surface area contributed by atoms with E-state index >= 15 is 0 Å². The van der Waals surface area contributed by atoms with Crippen molar-refractivity contribution >= 4 is 0 Å². The van der Waals surface area contributed by atoms with Crippen molar-refractivity contribution in [3.63, 3.8) is 0 Å². The Bertz CT molecular complexity index is 484. The topological polar surface area (TPSA) is 0 Å². The molecule has 0 fully saturated rings. The second-order valence-corrected chi connectivity index (χ2v) is 7.25. The van der Waals surface area contributed by atoms with Gasteiger partial charge in [0.25, 0.3) is 0 Å². The van der Waals surface area contributed by atoms with Gasteiger partial charge in [0.2, 0.25) is 0 Å². The Morgan fingerprint density at radius 2 is 0.810 bits per heavy atom. The van der Waals surface area contributed by atoms with Crippen LogP contribution in [0.25, 0.3) is 0 Å². The molecule has 2 aliphatic carbocycles. The smallest absolute Gasteiger partial charge is 0 e.